The van der Waals surface area contributed by atoms with Crippen molar-refractivity contribution in [1.29, 1.82) is 0 Å². The van der Waals surface area contributed by atoms with Crippen molar-refractivity contribution >= 4 is 28.3 Å². The Morgan fingerprint density at radius 2 is 1.77 bits per heavy atom. The van der Waals surface area contributed by atoms with Crippen LogP contribution in [-0.4, -0.2) is 14.3 Å². The molecule has 1 unspecified atom stereocenters. The molecule has 4 aromatic rings. The van der Waals surface area contributed by atoms with E-state index in [1.807, 2.05) is 72.8 Å². The van der Waals surface area contributed by atoms with Crippen LogP contribution in [0.2, 0.25) is 5.02 Å². The van der Waals surface area contributed by atoms with Gasteiger partial charge in [-0.15, -0.1) is 0 Å². The number of hydrogen-bond donors (Lipinski definition) is 1. The first-order valence-electron chi connectivity index (χ1n) is 8.12. The maximum absolute atomic E-state index is 6.19. The lowest BCUT2D eigenvalue weighted by atomic mass is 10.0. The lowest BCUT2D eigenvalue weighted by Crippen LogP contribution is -2.13. The predicted octanol–water partition coefficient (Wildman–Crippen LogP) is 5.46. The summed E-state index contributed by atoms with van der Waals surface area (Å²) in [6, 6.07) is 23.4. The topological polar surface area (TPSA) is 50.7 Å². The summed E-state index contributed by atoms with van der Waals surface area (Å²) in [5.74, 6) is 0.712. The molecule has 0 saturated carbocycles. The number of pyridine rings is 1. The lowest BCUT2D eigenvalue weighted by molar-refractivity contribution is 0.884. The van der Waals surface area contributed by atoms with Crippen molar-refractivity contribution < 1.29 is 0 Å². The van der Waals surface area contributed by atoms with Gasteiger partial charge in [0, 0.05) is 28.3 Å². The molecule has 26 heavy (non-hydrogen) atoms. The highest BCUT2D eigenvalue weighted by atomic mass is 35.5. The second-order valence-electron chi connectivity index (χ2n) is 5.68. The molecule has 2 aromatic carbocycles. The molecule has 0 aliphatic rings. The van der Waals surface area contributed by atoms with Crippen LogP contribution in [0.25, 0.3) is 11.4 Å². The number of aromatic nitrogens is 3. The van der Waals surface area contributed by atoms with Crippen molar-refractivity contribution in [1.82, 2.24) is 14.3 Å². The van der Waals surface area contributed by atoms with Gasteiger partial charge in [-0.1, -0.05) is 60.1 Å². The number of anilines is 1. The quantitative estimate of drug-likeness (QED) is 0.501. The molecule has 0 amide bonds. The average molecular weight is 379 g/mol. The molecule has 1 N–H and O–H groups in total. The Kier molecular flexibility index (Phi) is 4.91. The van der Waals surface area contributed by atoms with E-state index in [0.717, 1.165) is 22.0 Å². The van der Waals surface area contributed by atoms with Crippen LogP contribution in [0.3, 0.4) is 0 Å². The van der Waals surface area contributed by atoms with Crippen LogP contribution in [0.4, 0.5) is 5.13 Å². The van der Waals surface area contributed by atoms with E-state index in [0.29, 0.717) is 10.8 Å². The van der Waals surface area contributed by atoms with Crippen molar-refractivity contribution in [3.05, 3.63) is 95.3 Å². The van der Waals surface area contributed by atoms with E-state index in [1.54, 1.807) is 6.20 Å². The molecule has 4 nitrogen and oxygen atoms in total. The largest absolute Gasteiger partial charge is 0.348 e. The molecule has 0 fully saturated rings. The molecule has 1 atom stereocenters. The summed E-state index contributed by atoms with van der Waals surface area (Å²) in [5, 5.41) is 4.88. The minimum atomic E-state index is -0.161. The first-order chi connectivity index (χ1) is 12.8. The van der Waals surface area contributed by atoms with Gasteiger partial charge in [0.15, 0.2) is 5.82 Å². The second-order valence-corrected chi connectivity index (χ2v) is 6.86. The van der Waals surface area contributed by atoms with E-state index in [2.05, 4.69) is 19.7 Å². The third kappa shape index (κ3) is 3.74. The molecule has 4 rings (SSSR count). The fraction of sp³-hybridized carbons (Fsp3) is 0.0500. The van der Waals surface area contributed by atoms with E-state index in [1.165, 1.54) is 11.5 Å². The minimum absolute atomic E-state index is 0.161. The fourth-order valence-electron chi connectivity index (χ4n) is 2.67. The maximum atomic E-state index is 6.19. The van der Waals surface area contributed by atoms with Crippen molar-refractivity contribution in [2.75, 3.05) is 5.32 Å². The molecule has 2 aromatic heterocycles. The predicted molar refractivity (Wildman–Crippen MR) is 106 cm³/mol. The van der Waals surface area contributed by atoms with Crippen LogP contribution in [0.15, 0.2) is 79.0 Å². The Balaban J connectivity index is 1.67. The van der Waals surface area contributed by atoms with Gasteiger partial charge in [-0.3, -0.25) is 4.98 Å². The normalized spacial score (nSPS) is 11.9. The zero-order chi connectivity index (χ0) is 17.8. The molecule has 128 valence electrons. The third-order valence-corrected chi connectivity index (χ3v) is 4.77. The van der Waals surface area contributed by atoms with Gasteiger partial charge in [0.2, 0.25) is 5.13 Å². The number of rotatable bonds is 5. The number of benzene rings is 2. The monoisotopic (exact) mass is 378 g/mol. The zero-order valence-electron chi connectivity index (χ0n) is 13.7. The van der Waals surface area contributed by atoms with Crippen LogP contribution in [0, 0.1) is 0 Å². The molecule has 0 spiro atoms. The Morgan fingerprint density at radius 3 is 2.54 bits per heavy atom. The average Bonchev–Trinajstić information content (AvgIpc) is 3.16. The van der Waals surface area contributed by atoms with E-state index in [4.69, 9.17) is 11.6 Å². The van der Waals surface area contributed by atoms with E-state index in [-0.39, 0.29) is 6.04 Å². The first-order valence-corrected chi connectivity index (χ1v) is 9.27. The van der Waals surface area contributed by atoms with Gasteiger partial charge < -0.3 is 5.32 Å². The van der Waals surface area contributed by atoms with Gasteiger partial charge in [0.25, 0.3) is 0 Å². The molecule has 0 aliphatic heterocycles. The summed E-state index contributed by atoms with van der Waals surface area (Å²) in [7, 11) is 0. The van der Waals surface area contributed by atoms with Crippen molar-refractivity contribution in [2.24, 2.45) is 0 Å². The molecule has 0 saturated heterocycles. The Hall–Kier alpha value is -2.76. The molecule has 6 heteroatoms. The van der Waals surface area contributed by atoms with Gasteiger partial charge in [-0.2, -0.15) is 9.36 Å². The van der Waals surface area contributed by atoms with Crippen LogP contribution < -0.4 is 5.32 Å². The fourth-order valence-corrected chi connectivity index (χ4v) is 3.49. The van der Waals surface area contributed by atoms with Crippen LogP contribution in [0.1, 0.15) is 17.3 Å². The zero-order valence-corrected chi connectivity index (χ0v) is 15.3. The molecule has 0 aliphatic carbocycles. The first kappa shape index (κ1) is 16.7. The third-order valence-electron chi connectivity index (χ3n) is 3.89. The van der Waals surface area contributed by atoms with Gasteiger partial charge in [0.1, 0.15) is 0 Å². The maximum Gasteiger partial charge on any atom is 0.203 e. The number of halogens is 1. The Bertz CT molecular complexity index is 989. The van der Waals surface area contributed by atoms with Gasteiger partial charge in [0.05, 0.1) is 11.7 Å². The molecule has 0 radical (unpaired) electrons. The number of nitrogens with one attached hydrogen (secondary N) is 1. The van der Waals surface area contributed by atoms with Crippen LogP contribution in [0.5, 0.6) is 0 Å². The highest BCUT2D eigenvalue weighted by Crippen LogP contribution is 2.29. The van der Waals surface area contributed by atoms with Crippen LogP contribution >= 0.6 is 23.1 Å². The SMILES string of the molecule is Clc1cccc(C(Nc2nc(-c3ccccc3)ns2)c2ccccn2)c1. The molecular formula is C20H15ClN4S. The summed E-state index contributed by atoms with van der Waals surface area (Å²) in [5.41, 5.74) is 2.91. The molecular weight excluding hydrogens is 364 g/mol. The minimum Gasteiger partial charge on any atom is -0.348 e. The molecule has 0 bridgehead atoms. The summed E-state index contributed by atoms with van der Waals surface area (Å²) in [6.45, 7) is 0. The summed E-state index contributed by atoms with van der Waals surface area (Å²) in [4.78, 5) is 9.13. The van der Waals surface area contributed by atoms with E-state index >= 15 is 0 Å². The number of nitrogens with zero attached hydrogens (tertiary/aromatic N) is 3. The highest BCUT2D eigenvalue weighted by Gasteiger charge is 2.18. The number of hydrogen-bond acceptors (Lipinski definition) is 5. The summed E-state index contributed by atoms with van der Waals surface area (Å²) >= 11 is 7.52. The standard InChI is InChI=1S/C20H15ClN4S/c21-16-10-6-9-15(13-16)18(17-11-4-5-12-22-17)23-20-24-19(25-26-20)14-7-2-1-3-8-14/h1-13,18H,(H,23,24,25). The van der Waals surface area contributed by atoms with Crippen molar-refractivity contribution in [3.63, 3.8) is 0 Å². The van der Waals surface area contributed by atoms with Gasteiger partial charge in [-0.25, -0.2) is 0 Å². The van der Waals surface area contributed by atoms with Gasteiger partial charge >= 0.3 is 0 Å². The smallest absolute Gasteiger partial charge is 0.203 e. The van der Waals surface area contributed by atoms with Crippen molar-refractivity contribution in [2.45, 2.75) is 6.04 Å². The second kappa shape index (κ2) is 7.64. The Morgan fingerprint density at radius 1 is 0.923 bits per heavy atom. The van der Waals surface area contributed by atoms with Gasteiger partial charge in [-0.05, 0) is 29.8 Å². The Labute approximate surface area is 160 Å². The van der Waals surface area contributed by atoms with Crippen molar-refractivity contribution in [3.8, 4) is 11.4 Å². The summed E-state index contributed by atoms with van der Waals surface area (Å²) in [6.07, 6.45) is 1.78. The van der Waals surface area contributed by atoms with E-state index < -0.39 is 0 Å². The lowest BCUT2D eigenvalue weighted by Gasteiger charge is -2.18. The summed E-state index contributed by atoms with van der Waals surface area (Å²) < 4.78 is 4.47. The van der Waals surface area contributed by atoms with Crippen LogP contribution in [-0.2, 0) is 0 Å². The van der Waals surface area contributed by atoms with E-state index in [9.17, 15) is 0 Å². The highest BCUT2D eigenvalue weighted by molar-refractivity contribution is 7.09. The molecule has 2 heterocycles.